The van der Waals surface area contributed by atoms with Crippen LogP contribution in [0.5, 0.6) is 0 Å². The summed E-state index contributed by atoms with van der Waals surface area (Å²) >= 11 is 0. The van der Waals surface area contributed by atoms with E-state index in [0.717, 1.165) is 12.8 Å². The maximum atomic E-state index is 11.9. The second-order valence-corrected chi connectivity index (χ2v) is 6.61. The zero-order chi connectivity index (χ0) is 13.6. The van der Waals surface area contributed by atoms with Crippen LogP contribution in [0.1, 0.15) is 39.0 Å². The first kappa shape index (κ1) is 15.4. The fraction of sp³-hybridized carbons (Fsp3) is 0.909. The van der Waals surface area contributed by atoms with Gasteiger partial charge in [-0.1, -0.05) is 6.92 Å². The third-order valence-electron chi connectivity index (χ3n) is 3.06. The maximum absolute atomic E-state index is 11.9. The van der Waals surface area contributed by atoms with Gasteiger partial charge in [-0.2, -0.15) is 12.7 Å². The number of aliphatic carboxylic acids is 1. The van der Waals surface area contributed by atoms with Crippen molar-refractivity contribution in [1.82, 2.24) is 9.03 Å². The molecule has 0 radical (unpaired) electrons. The number of carboxylic acid groups (broad SMARTS) is 1. The van der Waals surface area contributed by atoms with E-state index in [0.29, 0.717) is 38.4 Å². The van der Waals surface area contributed by atoms with Crippen molar-refractivity contribution in [3.63, 3.8) is 0 Å². The van der Waals surface area contributed by atoms with E-state index in [1.165, 1.54) is 4.31 Å². The molecule has 1 aliphatic heterocycles. The molecule has 1 rings (SSSR count). The highest BCUT2D eigenvalue weighted by molar-refractivity contribution is 7.87. The molecule has 0 aromatic heterocycles. The molecule has 2 N–H and O–H groups in total. The first-order chi connectivity index (χ1) is 8.42. The van der Waals surface area contributed by atoms with Gasteiger partial charge in [-0.3, -0.25) is 4.79 Å². The lowest BCUT2D eigenvalue weighted by Gasteiger charge is -2.29. The quantitative estimate of drug-likeness (QED) is 0.675. The third-order valence-corrected chi connectivity index (χ3v) is 4.64. The number of carbonyl (C=O) groups is 1. The predicted molar refractivity (Wildman–Crippen MR) is 68.4 cm³/mol. The lowest BCUT2D eigenvalue weighted by molar-refractivity contribution is -0.137. The molecule has 1 unspecified atom stereocenters. The molecule has 0 amide bonds. The minimum atomic E-state index is -3.38. The summed E-state index contributed by atoms with van der Waals surface area (Å²) in [5.74, 6) is -0.440. The molecule has 7 heteroatoms. The number of unbranched alkanes of at least 4 members (excludes halogenated alkanes) is 1. The Morgan fingerprint density at radius 3 is 2.78 bits per heavy atom. The number of hydrogen-bond acceptors (Lipinski definition) is 3. The third kappa shape index (κ3) is 5.32. The van der Waals surface area contributed by atoms with Gasteiger partial charge in [0.15, 0.2) is 0 Å². The van der Waals surface area contributed by atoms with Gasteiger partial charge in [-0.05, 0) is 31.6 Å². The van der Waals surface area contributed by atoms with Crippen LogP contribution in [-0.2, 0) is 15.0 Å². The predicted octanol–water partition coefficient (Wildman–Crippen LogP) is 0.808. The summed E-state index contributed by atoms with van der Waals surface area (Å²) in [5.41, 5.74) is 0. The van der Waals surface area contributed by atoms with Crippen LogP contribution < -0.4 is 4.72 Å². The first-order valence-electron chi connectivity index (χ1n) is 6.38. The Hall–Kier alpha value is -0.660. The SMILES string of the molecule is CC1CCCN(S(=O)(=O)NCCCCC(=O)O)C1. The molecule has 0 saturated carbocycles. The molecular formula is C11H22N2O4S. The van der Waals surface area contributed by atoms with E-state index in [-0.39, 0.29) is 6.42 Å². The van der Waals surface area contributed by atoms with E-state index in [1.807, 2.05) is 0 Å². The summed E-state index contributed by atoms with van der Waals surface area (Å²) < 4.78 is 27.9. The molecule has 18 heavy (non-hydrogen) atoms. The Morgan fingerprint density at radius 2 is 2.17 bits per heavy atom. The van der Waals surface area contributed by atoms with Crippen LogP contribution in [0.15, 0.2) is 0 Å². The molecule has 0 bridgehead atoms. The van der Waals surface area contributed by atoms with Crippen LogP contribution in [0.3, 0.4) is 0 Å². The van der Waals surface area contributed by atoms with E-state index in [1.54, 1.807) is 0 Å². The monoisotopic (exact) mass is 278 g/mol. The second kappa shape index (κ2) is 7.06. The molecule has 6 nitrogen and oxygen atoms in total. The van der Waals surface area contributed by atoms with E-state index >= 15 is 0 Å². The molecule has 1 aliphatic rings. The normalized spacial score (nSPS) is 21.9. The largest absolute Gasteiger partial charge is 0.481 e. The zero-order valence-corrected chi connectivity index (χ0v) is 11.6. The molecule has 1 heterocycles. The number of hydrogen-bond donors (Lipinski definition) is 2. The number of piperidine rings is 1. The van der Waals surface area contributed by atoms with Crippen LogP contribution in [0.25, 0.3) is 0 Å². The van der Waals surface area contributed by atoms with Gasteiger partial charge < -0.3 is 5.11 Å². The highest BCUT2D eigenvalue weighted by Crippen LogP contribution is 2.17. The molecule has 0 aromatic rings. The van der Waals surface area contributed by atoms with E-state index in [2.05, 4.69) is 11.6 Å². The van der Waals surface area contributed by atoms with E-state index in [9.17, 15) is 13.2 Å². The van der Waals surface area contributed by atoms with Crippen molar-refractivity contribution in [3.8, 4) is 0 Å². The van der Waals surface area contributed by atoms with Gasteiger partial charge >= 0.3 is 5.97 Å². The minimum absolute atomic E-state index is 0.0858. The van der Waals surface area contributed by atoms with Gasteiger partial charge in [0, 0.05) is 26.1 Å². The van der Waals surface area contributed by atoms with Crippen molar-refractivity contribution in [2.75, 3.05) is 19.6 Å². The van der Waals surface area contributed by atoms with Crippen LogP contribution in [0.2, 0.25) is 0 Å². The standard InChI is InChI=1S/C11H22N2O4S/c1-10-5-4-8-13(9-10)18(16,17)12-7-3-2-6-11(14)15/h10,12H,2-9H2,1H3,(H,14,15). The van der Waals surface area contributed by atoms with Crippen LogP contribution in [-0.4, -0.2) is 43.4 Å². The van der Waals surface area contributed by atoms with Crippen LogP contribution in [0, 0.1) is 5.92 Å². The molecule has 1 saturated heterocycles. The maximum Gasteiger partial charge on any atom is 0.303 e. The average molecular weight is 278 g/mol. The number of rotatable bonds is 7. The Balaban J connectivity index is 2.28. The lowest BCUT2D eigenvalue weighted by atomic mass is 10.0. The van der Waals surface area contributed by atoms with Crippen molar-refractivity contribution in [2.45, 2.75) is 39.0 Å². The Morgan fingerprint density at radius 1 is 1.44 bits per heavy atom. The van der Waals surface area contributed by atoms with Gasteiger partial charge in [0.25, 0.3) is 10.2 Å². The molecule has 1 fully saturated rings. The average Bonchev–Trinajstić information content (AvgIpc) is 2.28. The molecule has 0 spiro atoms. The molecule has 106 valence electrons. The summed E-state index contributed by atoms with van der Waals surface area (Å²) in [6.07, 6.45) is 3.11. The van der Waals surface area contributed by atoms with Gasteiger partial charge in [0.2, 0.25) is 0 Å². The Bertz CT molecular complexity index is 369. The molecule has 1 atom stereocenters. The van der Waals surface area contributed by atoms with Gasteiger partial charge in [-0.25, -0.2) is 4.72 Å². The van der Waals surface area contributed by atoms with Gasteiger partial charge in [0.05, 0.1) is 0 Å². The number of carboxylic acids is 1. The summed E-state index contributed by atoms with van der Waals surface area (Å²) in [7, 11) is -3.38. The van der Waals surface area contributed by atoms with Gasteiger partial charge in [0.1, 0.15) is 0 Å². The first-order valence-corrected chi connectivity index (χ1v) is 7.82. The number of nitrogens with one attached hydrogen (secondary N) is 1. The number of nitrogens with zero attached hydrogens (tertiary/aromatic N) is 1. The summed E-state index contributed by atoms with van der Waals surface area (Å²) in [6, 6.07) is 0. The van der Waals surface area contributed by atoms with Crippen LogP contribution >= 0.6 is 0 Å². The summed E-state index contributed by atoms with van der Waals surface area (Å²) in [5, 5.41) is 8.46. The van der Waals surface area contributed by atoms with Crippen molar-refractivity contribution >= 4 is 16.2 Å². The molecule has 0 aromatic carbocycles. The van der Waals surface area contributed by atoms with Crippen LogP contribution in [0.4, 0.5) is 0 Å². The second-order valence-electron chi connectivity index (χ2n) is 4.86. The van der Waals surface area contributed by atoms with Crippen molar-refractivity contribution in [1.29, 1.82) is 0 Å². The summed E-state index contributed by atoms with van der Waals surface area (Å²) in [6.45, 7) is 3.51. The Kier molecular flexibility index (Phi) is 6.04. The topological polar surface area (TPSA) is 86.7 Å². The van der Waals surface area contributed by atoms with E-state index < -0.39 is 16.2 Å². The van der Waals surface area contributed by atoms with E-state index in [4.69, 9.17) is 5.11 Å². The van der Waals surface area contributed by atoms with Gasteiger partial charge in [-0.15, -0.1) is 0 Å². The highest BCUT2D eigenvalue weighted by Gasteiger charge is 2.26. The smallest absolute Gasteiger partial charge is 0.303 e. The Labute approximate surface area is 109 Å². The molecular weight excluding hydrogens is 256 g/mol. The lowest BCUT2D eigenvalue weighted by Crippen LogP contribution is -2.45. The molecule has 0 aliphatic carbocycles. The minimum Gasteiger partial charge on any atom is -0.481 e. The fourth-order valence-electron chi connectivity index (χ4n) is 2.06. The van der Waals surface area contributed by atoms with Crippen molar-refractivity contribution < 1.29 is 18.3 Å². The zero-order valence-electron chi connectivity index (χ0n) is 10.8. The highest BCUT2D eigenvalue weighted by atomic mass is 32.2. The fourth-order valence-corrected chi connectivity index (χ4v) is 3.46. The summed E-state index contributed by atoms with van der Waals surface area (Å²) in [4.78, 5) is 10.3. The van der Waals surface area contributed by atoms with Crippen molar-refractivity contribution in [3.05, 3.63) is 0 Å². The van der Waals surface area contributed by atoms with Crippen molar-refractivity contribution in [2.24, 2.45) is 5.92 Å².